The number of aryl methyl sites for hydroxylation is 3. The summed E-state index contributed by atoms with van der Waals surface area (Å²) in [7, 11) is 0. The van der Waals surface area contributed by atoms with Gasteiger partial charge >= 0.3 is 0 Å². The normalized spacial score (nSPS) is 11.9. The highest BCUT2D eigenvalue weighted by atomic mass is 16.3. The third kappa shape index (κ3) is 4.47. The highest BCUT2D eigenvalue weighted by molar-refractivity contribution is 6.02. The van der Waals surface area contributed by atoms with E-state index in [1.807, 2.05) is 18.2 Å². The third-order valence-corrected chi connectivity index (χ3v) is 7.21. The van der Waals surface area contributed by atoms with Gasteiger partial charge in [-0.15, -0.1) is 0 Å². The van der Waals surface area contributed by atoms with Crippen LogP contribution in [-0.4, -0.2) is 0 Å². The van der Waals surface area contributed by atoms with Gasteiger partial charge in [0.1, 0.15) is 11.3 Å². The van der Waals surface area contributed by atoms with E-state index in [2.05, 4.69) is 112 Å². The summed E-state index contributed by atoms with van der Waals surface area (Å²) in [5.74, 6) is 0.841. The minimum Gasteiger partial charge on any atom is -0.456 e. The maximum Gasteiger partial charge on any atom is 0.137 e. The molecule has 1 aliphatic heterocycles. The zero-order valence-electron chi connectivity index (χ0n) is 21.5. The highest BCUT2D eigenvalue weighted by Crippen LogP contribution is 2.41. The number of hydrogen-bond acceptors (Lipinski definition) is 2. The van der Waals surface area contributed by atoms with Crippen LogP contribution in [0.25, 0.3) is 33.4 Å². The summed E-state index contributed by atoms with van der Waals surface area (Å²) in [5.41, 5.74) is 11.7. The van der Waals surface area contributed by atoms with Crippen molar-refractivity contribution in [2.24, 2.45) is 4.99 Å². The van der Waals surface area contributed by atoms with Crippen molar-refractivity contribution in [2.75, 3.05) is 0 Å². The van der Waals surface area contributed by atoms with Crippen LogP contribution in [0.5, 0.6) is 0 Å². The Labute approximate surface area is 217 Å². The maximum atomic E-state index is 6.61. The second kappa shape index (κ2) is 9.55. The van der Waals surface area contributed by atoms with Crippen molar-refractivity contribution < 1.29 is 4.42 Å². The summed E-state index contributed by atoms with van der Waals surface area (Å²) in [6.07, 6.45) is 0.874. The predicted octanol–water partition coefficient (Wildman–Crippen LogP) is 8.95. The standard InChI is InChI=1S/C35H29NO/c1-23-10-4-7-13-27(23)20-26-16-18-30-33(21-26)37-34-22-28(36-32-15-9-6-12-25(32)3)17-19-31(34)35(30)29-14-8-5-11-24(29)2/h4-19,21-22H,20H2,1-3H3. The molecule has 0 saturated carbocycles. The van der Waals surface area contributed by atoms with Gasteiger partial charge in [0.2, 0.25) is 0 Å². The van der Waals surface area contributed by atoms with Gasteiger partial charge in [-0.2, -0.15) is 0 Å². The summed E-state index contributed by atoms with van der Waals surface area (Å²) in [5, 5.41) is 2.01. The lowest BCUT2D eigenvalue weighted by Crippen LogP contribution is -2.03. The van der Waals surface area contributed by atoms with Crippen molar-refractivity contribution >= 4 is 16.7 Å². The first kappa shape index (κ1) is 23.0. The van der Waals surface area contributed by atoms with Crippen LogP contribution in [0.3, 0.4) is 0 Å². The summed E-state index contributed by atoms with van der Waals surface area (Å²) < 4.78 is 6.61. The van der Waals surface area contributed by atoms with Crippen LogP contribution in [0.1, 0.15) is 27.8 Å². The Morgan fingerprint density at radius 2 is 1.35 bits per heavy atom. The van der Waals surface area contributed by atoms with Gasteiger partial charge in [-0.05, 0) is 84.8 Å². The molecule has 0 fully saturated rings. The molecule has 37 heavy (non-hydrogen) atoms. The molecule has 0 bridgehead atoms. The molecule has 0 spiro atoms. The second-order valence-corrected chi connectivity index (χ2v) is 9.80. The van der Waals surface area contributed by atoms with Crippen LogP contribution in [0.4, 0.5) is 5.69 Å². The molecule has 4 aromatic rings. The zero-order valence-corrected chi connectivity index (χ0v) is 21.5. The number of para-hydroxylation sites is 1. The average Bonchev–Trinajstić information content (AvgIpc) is 2.90. The van der Waals surface area contributed by atoms with E-state index >= 15 is 0 Å². The highest BCUT2D eigenvalue weighted by Gasteiger charge is 2.18. The van der Waals surface area contributed by atoms with E-state index in [1.54, 1.807) is 0 Å². The molecule has 0 amide bonds. The lowest BCUT2D eigenvalue weighted by atomic mass is 9.90. The van der Waals surface area contributed by atoms with Crippen LogP contribution < -0.4 is 5.36 Å². The van der Waals surface area contributed by atoms with Gasteiger partial charge in [0.15, 0.2) is 0 Å². The Balaban J connectivity index is 1.58. The Bertz CT molecular complexity index is 1790. The summed E-state index contributed by atoms with van der Waals surface area (Å²) >= 11 is 0. The lowest BCUT2D eigenvalue weighted by Gasteiger charge is -2.17. The molecular formula is C35H29NO. The quantitative estimate of drug-likeness (QED) is 0.232. The monoisotopic (exact) mass is 479 g/mol. The number of rotatable bonds is 4. The summed E-state index contributed by atoms with van der Waals surface area (Å²) in [6.45, 7) is 6.43. The van der Waals surface area contributed by atoms with Gasteiger partial charge in [-0.3, -0.25) is 0 Å². The molecule has 0 atom stereocenters. The Morgan fingerprint density at radius 1 is 0.622 bits per heavy atom. The SMILES string of the molecule is Cc1ccccc1Cc1ccc2c(-c3ccccc3C)c3ccc(=Nc4ccccc4C)cc-3oc2c1. The van der Waals surface area contributed by atoms with Gasteiger partial charge in [-0.25, -0.2) is 4.99 Å². The molecule has 2 aliphatic rings. The van der Waals surface area contributed by atoms with Crippen LogP contribution >= 0.6 is 0 Å². The van der Waals surface area contributed by atoms with E-state index in [4.69, 9.17) is 9.41 Å². The molecule has 1 heterocycles. The number of fused-ring (bicyclic) bond motifs is 2. The second-order valence-electron chi connectivity index (χ2n) is 9.80. The van der Waals surface area contributed by atoms with Crippen molar-refractivity contribution in [3.8, 4) is 22.5 Å². The molecule has 2 nitrogen and oxygen atoms in total. The van der Waals surface area contributed by atoms with Crippen molar-refractivity contribution in [1.82, 2.24) is 0 Å². The number of nitrogens with zero attached hydrogens (tertiary/aromatic N) is 1. The fourth-order valence-electron chi connectivity index (χ4n) is 5.10. The van der Waals surface area contributed by atoms with Gasteiger partial charge in [0.25, 0.3) is 0 Å². The van der Waals surface area contributed by atoms with Crippen LogP contribution in [-0.2, 0) is 6.42 Å². The zero-order chi connectivity index (χ0) is 25.4. The molecule has 0 unspecified atom stereocenters. The molecule has 0 saturated heterocycles. The van der Waals surface area contributed by atoms with Crippen LogP contribution in [0.15, 0.2) is 119 Å². The van der Waals surface area contributed by atoms with E-state index in [-0.39, 0.29) is 0 Å². The molecular weight excluding hydrogens is 450 g/mol. The molecule has 0 N–H and O–H groups in total. The van der Waals surface area contributed by atoms with Crippen molar-refractivity contribution in [3.63, 3.8) is 0 Å². The van der Waals surface area contributed by atoms with E-state index in [1.165, 1.54) is 33.4 Å². The van der Waals surface area contributed by atoms with Crippen molar-refractivity contribution in [1.29, 1.82) is 0 Å². The molecule has 6 rings (SSSR count). The van der Waals surface area contributed by atoms with E-state index in [0.717, 1.165) is 45.3 Å². The Hall–Kier alpha value is -4.43. The first-order chi connectivity index (χ1) is 18.1. The minimum atomic E-state index is 0.841. The maximum absolute atomic E-state index is 6.61. The first-order valence-electron chi connectivity index (χ1n) is 12.8. The average molecular weight is 480 g/mol. The van der Waals surface area contributed by atoms with Gasteiger partial charge in [0, 0.05) is 22.6 Å². The predicted molar refractivity (Wildman–Crippen MR) is 153 cm³/mol. The third-order valence-electron chi connectivity index (χ3n) is 7.21. The van der Waals surface area contributed by atoms with E-state index < -0.39 is 0 Å². The number of benzene rings is 5. The Kier molecular flexibility index (Phi) is 5.94. The van der Waals surface area contributed by atoms with E-state index in [9.17, 15) is 0 Å². The fraction of sp³-hybridized carbons (Fsp3) is 0.114. The van der Waals surface area contributed by atoms with Crippen LogP contribution in [0.2, 0.25) is 0 Å². The molecule has 0 aromatic heterocycles. The number of hydrogen-bond donors (Lipinski definition) is 0. The summed E-state index contributed by atoms with van der Waals surface area (Å²) in [4.78, 5) is 4.91. The van der Waals surface area contributed by atoms with Gasteiger partial charge in [-0.1, -0.05) is 78.9 Å². The first-order valence-corrected chi connectivity index (χ1v) is 12.8. The fourth-order valence-corrected chi connectivity index (χ4v) is 5.10. The molecule has 2 heteroatoms. The largest absolute Gasteiger partial charge is 0.456 e. The Morgan fingerprint density at radius 3 is 2.14 bits per heavy atom. The summed E-state index contributed by atoms with van der Waals surface area (Å²) in [6, 6.07) is 38.3. The smallest absolute Gasteiger partial charge is 0.137 e. The molecule has 4 aromatic carbocycles. The topological polar surface area (TPSA) is 25.5 Å². The minimum absolute atomic E-state index is 0.841. The molecule has 1 aliphatic carbocycles. The van der Waals surface area contributed by atoms with Crippen molar-refractivity contribution in [2.45, 2.75) is 27.2 Å². The lowest BCUT2D eigenvalue weighted by molar-refractivity contribution is 0.618. The van der Waals surface area contributed by atoms with Crippen molar-refractivity contribution in [3.05, 3.63) is 142 Å². The van der Waals surface area contributed by atoms with Gasteiger partial charge < -0.3 is 4.42 Å². The van der Waals surface area contributed by atoms with Gasteiger partial charge in [0.05, 0.1) is 11.0 Å². The molecule has 0 radical (unpaired) electrons. The molecule has 180 valence electrons. The van der Waals surface area contributed by atoms with Crippen LogP contribution in [0, 0.1) is 20.8 Å². The van der Waals surface area contributed by atoms with E-state index in [0.29, 0.717) is 0 Å².